The third-order valence-electron chi connectivity index (χ3n) is 3.55. The monoisotopic (exact) mass is 277 g/mol. The Bertz CT molecular complexity index is 468. The number of hydrogen-bond donors (Lipinski definition) is 2. The maximum atomic E-state index is 12.0. The molecule has 0 bridgehead atoms. The summed E-state index contributed by atoms with van der Waals surface area (Å²) in [7, 11) is 3.85. The molecule has 1 unspecified atom stereocenters. The summed E-state index contributed by atoms with van der Waals surface area (Å²) in [5, 5.41) is 2.91. The maximum absolute atomic E-state index is 12.0. The van der Waals surface area contributed by atoms with Gasteiger partial charge in [0.05, 0.1) is 17.5 Å². The number of nitrogens with two attached hydrogens (primary N) is 1. The van der Waals surface area contributed by atoms with E-state index in [1.165, 1.54) is 0 Å². The second-order valence-corrected chi connectivity index (χ2v) is 5.35. The Labute approximate surface area is 120 Å². The fraction of sp³-hybridized carbons (Fsp3) is 0.533. The van der Waals surface area contributed by atoms with E-state index in [4.69, 9.17) is 10.5 Å². The molecule has 1 amide bonds. The van der Waals surface area contributed by atoms with E-state index in [1.54, 1.807) is 12.1 Å². The molecular formula is C15H23N3O2. The van der Waals surface area contributed by atoms with E-state index in [9.17, 15) is 4.79 Å². The smallest absolute Gasteiger partial charge is 0.251 e. The number of anilines is 2. The lowest BCUT2D eigenvalue weighted by molar-refractivity contribution is 0.0907. The number of benzene rings is 1. The second kappa shape index (κ2) is 6.61. The van der Waals surface area contributed by atoms with Crippen molar-refractivity contribution in [1.29, 1.82) is 0 Å². The molecular weight excluding hydrogens is 254 g/mol. The first-order valence-electron chi connectivity index (χ1n) is 7.04. The zero-order valence-corrected chi connectivity index (χ0v) is 12.2. The molecule has 0 aliphatic carbocycles. The number of hydrogen-bond acceptors (Lipinski definition) is 4. The number of carbonyl (C=O) groups excluding carboxylic acids is 1. The van der Waals surface area contributed by atoms with Crippen LogP contribution in [0, 0.1) is 0 Å². The maximum Gasteiger partial charge on any atom is 0.251 e. The van der Waals surface area contributed by atoms with E-state index in [0.29, 0.717) is 23.9 Å². The van der Waals surface area contributed by atoms with Crippen LogP contribution in [0.5, 0.6) is 0 Å². The number of nitrogens with zero attached hydrogens (tertiary/aromatic N) is 1. The van der Waals surface area contributed by atoms with Gasteiger partial charge >= 0.3 is 0 Å². The Hall–Kier alpha value is -1.75. The molecule has 5 nitrogen and oxygen atoms in total. The van der Waals surface area contributed by atoms with Crippen LogP contribution >= 0.6 is 0 Å². The first-order valence-corrected chi connectivity index (χ1v) is 7.04. The molecule has 1 fully saturated rings. The minimum atomic E-state index is -0.0833. The molecule has 1 atom stereocenters. The topological polar surface area (TPSA) is 67.6 Å². The molecule has 1 aliphatic heterocycles. The van der Waals surface area contributed by atoms with Crippen LogP contribution < -0.4 is 16.0 Å². The van der Waals surface area contributed by atoms with E-state index in [2.05, 4.69) is 5.32 Å². The van der Waals surface area contributed by atoms with Crippen LogP contribution in [0.2, 0.25) is 0 Å². The number of rotatable bonds is 5. The molecule has 0 saturated carbocycles. The van der Waals surface area contributed by atoms with Gasteiger partial charge in [-0.1, -0.05) is 0 Å². The van der Waals surface area contributed by atoms with Gasteiger partial charge in [0.2, 0.25) is 0 Å². The van der Waals surface area contributed by atoms with Gasteiger partial charge in [-0.15, -0.1) is 0 Å². The number of amides is 1. The number of nitrogen functional groups attached to an aromatic ring is 1. The fourth-order valence-corrected chi connectivity index (χ4v) is 2.42. The first-order chi connectivity index (χ1) is 9.58. The second-order valence-electron chi connectivity index (χ2n) is 5.35. The van der Waals surface area contributed by atoms with Crippen LogP contribution in [-0.4, -0.2) is 39.3 Å². The molecule has 20 heavy (non-hydrogen) atoms. The van der Waals surface area contributed by atoms with E-state index in [-0.39, 0.29) is 5.91 Å². The highest BCUT2D eigenvalue weighted by molar-refractivity contribution is 5.96. The Balaban J connectivity index is 1.87. The summed E-state index contributed by atoms with van der Waals surface area (Å²) in [4.78, 5) is 14.0. The first kappa shape index (κ1) is 14.7. The largest absolute Gasteiger partial charge is 0.397 e. The molecule has 0 radical (unpaired) electrons. The predicted molar refractivity (Wildman–Crippen MR) is 81.1 cm³/mol. The summed E-state index contributed by atoms with van der Waals surface area (Å²) in [6.07, 6.45) is 3.40. The Kier molecular flexibility index (Phi) is 4.84. The summed E-state index contributed by atoms with van der Waals surface area (Å²) >= 11 is 0. The average Bonchev–Trinajstić information content (AvgIpc) is 2.91. The van der Waals surface area contributed by atoms with Crippen LogP contribution in [0.4, 0.5) is 11.4 Å². The van der Waals surface area contributed by atoms with Crippen molar-refractivity contribution < 1.29 is 9.53 Å². The van der Waals surface area contributed by atoms with Crippen molar-refractivity contribution in [1.82, 2.24) is 5.32 Å². The standard InChI is InChI=1S/C15H23N3O2/c1-18(2)14-6-5-11(10-13(14)16)15(19)17-8-7-12-4-3-9-20-12/h5-6,10,12H,3-4,7-9,16H2,1-2H3,(H,17,19). The van der Waals surface area contributed by atoms with Crippen molar-refractivity contribution >= 4 is 17.3 Å². The molecule has 3 N–H and O–H groups in total. The Morgan fingerprint density at radius 1 is 1.50 bits per heavy atom. The van der Waals surface area contributed by atoms with E-state index >= 15 is 0 Å². The third-order valence-corrected chi connectivity index (χ3v) is 3.55. The summed E-state index contributed by atoms with van der Waals surface area (Å²) in [5.74, 6) is -0.0833. The SMILES string of the molecule is CN(C)c1ccc(C(=O)NCCC2CCCO2)cc1N. The van der Waals surface area contributed by atoms with Gasteiger partial charge in [-0.3, -0.25) is 4.79 Å². The molecule has 0 spiro atoms. The highest BCUT2D eigenvalue weighted by Crippen LogP contribution is 2.22. The van der Waals surface area contributed by atoms with Crippen molar-refractivity contribution in [3.05, 3.63) is 23.8 Å². The summed E-state index contributed by atoms with van der Waals surface area (Å²) in [5.41, 5.74) is 8.07. The van der Waals surface area contributed by atoms with E-state index < -0.39 is 0 Å². The normalized spacial score (nSPS) is 18.0. The van der Waals surface area contributed by atoms with Crippen LogP contribution in [0.25, 0.3) is 0 Å². The zero-order valence-electron chi connectivity index (χ0n) is 12.2. The van der Waals surface area contributed by atoms with Gasteiger partial charge in [0.25, 0.3) is 5.91 Å². The lowest BCUT2D eigenvalue weighted by Crippen LogP contribution is -2.27. The van der Waals surface area contributed by atoms with Gasteiger partial charge < -0.3 is 20.7 Å². The highest BCUT2D eigenvalue weighted by atomic mass is 16.5. The molecule has 2 rings (SSSR count). The summed E-state index contributed by atoms with van der Waals surface area (Å²) in [6, 6.07) is 5.38. The predicted octanol–water partition coefficient (Wildman–Crippen LogP) is 1.63. The molecule has 1 heterocycles. The van der Waals surface area contributed by atoms with Gasteiger partial charge in [0, 0.05) is 32.8 Å². The van der Waals surface area contributed by atoms with Gasteiger partial charge in [0.1, 0.15) is 0 Å². The van der Waals surface area contributed by atoms with Gasteiger partial charge in [-0.05, 0) is 37.5 Å². The fourth-order valence-electron chi connectivity index (χ4n) is 2.42. The van der Waals surface area contributed by atoms with Crippen molar-refractivity contribution in [3.63, 3.8) is 0 Å². The molecule has 5 heteroatoms. The zero-order chi connectivity index (χ0) is 14.5. The number of ether oxygens (including phenoxy) is 1. The van der Waals surface area contributed by atoms with Crippen LogP contribution in [0.3, 0.4) is 0 Å². The number of nitrogens with one attached hydrogen (secondary N) is 1. The summed E-state index contributed by atoms with van der Waals surface area (Å²) in [6.45, 7) is 1.49. The molecule has 0 aromatic heterocycles. The van der Waals surface area contributed by atoms with Crippen molar-refractivity contribution in [3.8, 4) is 0 Å². The van der Waals surface area contributed by atoms with E-state index in [0.717, 1.165) is 31.6 Å². The lowest BCUT2D eigenvalue weighted by atomic mass is 10.1. The quantitative estimate of drug-likeness (QED) is 0.803. The van der Waals surface area contributed by atoms with E-state index in [1.807, 2.05) is 25.1 Å². The summed E-state index contributed by atoms with van der Waals surface area (Å²) < 4.78 is 5.52. The van der Waals surface area contributed by atoms with Gasteiger partial charge in [0.15, 0.2) is 0 Å². The van der Waals surface area contributed by atoms with Crippen molar-refractivity contribution in [2.75, 3.05) is 37.9 Å². The molecule has 1 aromatic rings. The lowest BCUT2D eigenvalue weighted by Gasteiger charge is -2.16. The third kappa shape index (κ3) is 3.63. The number of carbonyl (C=O) groups is 1. The van der Waals surface area contributed by atoms with Crippen LogP contribution in [0.1, 0.15) is 29.6 Å². The van der Waals surface area contributed by atoms with Crippen LogP contribution in [0.15, 0.2) is 18.2 Å². The Morgan fingerprint density at radius 3 is 2.90 bits per heavy atom. The molecule has 1 aromatic carbocycles. The van der Waals surface area contributed by atoms with Crippen molar-refractivity contribution in [2.45, 2.75) is 25.4 Å². The van der Waals surface area contributed by atoms with Gasteiger partial charge in [-0.25, -0.2) is 0 Å². The molecule has 110 valence electrons. The highest BCUT2D eigenvalue weighted by Gasteiger charge is 2.15. The van der Waals surface area contributed by atoms with Gasteiger partial charge in [-0.2, -0.15) is 0 Å². The molecule has 1 aliphatic rings. The molecule has 1 saturated heterocycles. The van der Waals surface area contributed by atoms with Crippen molar-refractivity contribution in [2.24, 2.45) is 0 Å². The minimum Gasteiger partial charge on any atom is -0.397 e. The minimum absolute atomic E-state index is 0.0833. The Morgan fingerprint density at radius 2 is 2.30 bits per heavy atom. The van der Waals surface area contributed by atoms with Crippen LogP contribution in [-0.2, 0) is 4.74 Å². The average molecular weight is 277 g/mol.